The molecule has 0 aliphatic carbocycles. The number of nitrogens with zero attached hydrogens (tertiary/aromatic N) is 1. The summed E-state index contributed by atoms with van der Waals surface area (Å²) in [5.74, 6) is -0.861. The Hall–Kier alpha value is -0.620. The van der Waals surface area contributed by atoms with Gasteiger partial charge in [-0.25, -0.2) is 0 Å². The monoisotopic (exact) mass is 347 g/mol. The average Bonchev–Trinajstić information content (AvgIpc) is 2.38. The Morgan fingerprint density at radius 1 is 1.63 bits per heavy atom. The molecule has 1 heterocycles. The Morgan fingerprint density at radius 3 is 3.00 bits per heavy atom. The van der Waals surface area contributed by atoms with Gasteiger partial charge in [-0.1, -0.05) is 33.6 Å². The standard InChI is InChI=1S/C13H15BrClNO3/c1-8(10-3-2-9(14)6-11(10)15)16-4-5-19-7-12(16)13(17)18/h2-3,6,8,12H,4-5,7H2,1H3,(H,17,18). The van der Waals surface area contributed by atoms with Gasteiger partial charge in [0.15, 0.2) is 0 Å². The largest absolute Gasteiger partial charge is 0.480 e. The molecule has 0 radical (unpaired) electrons. The Bertz CT molecular complexity index is 483. The first-order valence-electron chi connectivity index (χ1n) is 6.02. The van der Waals surface area contributed by atoms with Crippen LogP contribution in [0.3, 0.4) is 0 Å². The van der Waals surface area contributed by atoms with Gasteiger partial charge in [0, 0.05) is 22.1 Å². The lowest BCUT2D eigenvalue weighted by molar-refractivity contribution is -0.151. The number of hydrogen-bond acceptors (Lipinski definition) is 3. The van der Waals surface area contributed by atoms with E-state index in [1.54, 1.807) is 0 Å². The van der Waals surface area contributed by atoms with E-state index in [2.05, 4.69) is 15.9 Å². The van der Waals surface area contributed by atoms with Crippen LogP contribution in [0.5, 0.6) is 0 Å². The first kappa shape index (κ1) is 14.8. The molecule has 1 fully saturated rings. The molecule has 0 spiro atoms. The second-order valence-electron chi connectivity index (χ2n) is 4.51. The lowest BCUT2D eigenvalue weighted by Crippen LogP contribution is -2.50. The van der Waals surface area contributed by atoms with E-state index in [4.69, 9.17) is 16.3 Å². The molecule has 0 bridgehead atoms. The summed E-state index contributed by atoms with van der Waals surface area (Å²) in [6.07, 6.45) is 0. The van der Waals surface area contributed by atoms with Crippen molar-refractivity contribution in [3.63, 3.8) is 0 Å². The van der Waals surface area contributed by atoms with Gasteiger partial charge in [-0.3, -0.25) is 9.69 Å². The zero-order valence-electron chi connectivity index (χ0n) is 10.5. The highest BCUT2D eigenvalue weighted by Gasteiger charge is 2.33. The third-order valence-electron chi connectivity index (χ3n) is 3.36. The summed E-state index contributed by atoms with van der Waals surface area (Å²) in [6, 6.07) is 4.97. The van der Waals surface area contributed by atoms with E-state index in [-0.39, 0.29) is 12.6 Å². The molecule has 104 valence electrons. The van der Waals surface area contributed by atoms with Crippen molar-refractivity contribution < 1.29 is 14.6 Å². The molecule has 6 heteroatoms. The first-order chi connectivity index (χ1) is 9.00. The molecule has 1 aromatic rings. The highest BCUT2D eigenvalue weighted by atomic mass is 79.9. The number of aliphatic carboxylic acids is 1. The van der Waals surface area contributed by atoms with E-state index in [0.717, 1.165) is 10.0 Å². The third-order valence-corrected chi connectivity index (χ3v) is 4.19. The van der Waals surface area contributed by atoms with Crippen LogP contribution in [0.4, 0.5) is 0 Å². The molecule has 1 saturated heterocycles. The van der Waals surface area contributed by atoms with Crippen molar-refractivity contribution in [3.8, 4) is 0 Å². The fourth-order valence-corrected chi connectivity index (χ4v) is 3.14. The normalized spacial score (nSPS) is 22.2. The zero-order chi connectivity index (χ0) is 14.0. The molecule has 0 saturated carbocycles. The van der Waals surface area contributed by atoms with Gasteiger partial charge < -0.3 is 9.84 Å². The van der Waals surface area contributed by atoms with E-state index < -0.39 is 12.0 Å². The molecule has 2 rings (SSSR count). The Balaban J connectivity index is 2.25. The van der Waals surface area contributed by atoms with Gasteiger partial charge >= 0.3 is 5.97 Å². The number of carboxylic acid groups (broad SMARTS) is 1. The van der Waals surface area contributed by atoms with E-state index in [1.807, 2.05) is 30.0 Å². The number of hydrogen-bond donors (Lipinski definition) is 1. The summed E-state index contributed by atoms with van der Waals surface area (Å²) in [7, 11) is 0. The van der Waals surface area contributed by atoms with Crippen LogP contribution in [-0.2, 0) is 9.53 Å². The van der Waals surface area contributed by atoms with Crippen molar-refractivity contribution in [1.82, 2.24) is 4.90 Å². The van der Waals surface area contributed by atoms with Crippen LogP contribution in [0.15, 0.2) is 22.7 Å². The first-order valence-corrected chi connectivity index (χ1v) is 7.19. The van der Waals surface area contributed by atoms with Crippen LogP contribution in [0, 0.1) is 0 Å². The number of carbonyl (C=O) groups is 1. The number of morpholine rings is 1. The summed E-state index contributed by atoms with van der Waals surface area (Å²) < 4.78 is 6.15. The fraction of sp³-hybridized carbons (Fsp3) is 0.462. The topological polar surface area (TPSA) is 49.8 Å². The number of rotatable bonds is 3. The van der Waals surface area contributed by atoms with Crippen molar-refractivity contribution in [3.05, 3.63) is 33.3 Å². The van der Waals surface area contributed by atoms with Gasteiger partial charge in [-0.15, -0.1) is 0 Å². The van der Waals surface area contributed by atoms with Crippen LogP contribution in [0.1, 0.15) is 18.5 Å². The van der Waals surface area contributed by atoms with Gasteiger partial charge in [-0.2, -0.15) is 0 Å². The Labute approximate surface area is 125 Å². The maximum absolute atomic E-state index is 11.3. The average molecular weight is 349 g/mol. The maximum Gasteiger partial charge on any atom is 0.323 e. The zero-order valence-corrected chi connectivity index (χ0v) is 12.8. The quantitative estimate of drug-likeness (QED) is 0.912. The second-order valence-corrected chi connectivity index (χ2v) is 5.83. The molecule has 1 aromatic carbocycles. The van der Waals surface area contributed by atoms with Gasteiger partial charge in [0.25, 0.3) is 0 Å². The number of ether oxygens (including phenoxy) is 1. The number of halogens is 2. The summed E-state index contributed by atoms with van der Waals surface area (Å²) in [5.41, 5.74) is 0.929. The predicted molar refractivity (Wildman–Crippen MR) is 76.5 cm³/mol. The lowest BCUT2D eigenvalue weighted by Gasteiger charge is -2.37. The molecule has 2 unspecified atom stereocenters. The second kappa shape index (κ2) is 6.22. The summed E-state index contributed by atoms with van der Waals surface area (Å²) in [6.45, 7) is 3.32. The van der Waals surface area contributed by atoms with Gasteiger partial charge in [0.2, 0.25) is 0 Å². The van der Waals surface area contributed by atoms with Crippen molar-refractivity contribution >= 4 is 33.5 Å². The highest BCUT2D eigenvalue weighted by Crippen LogP contribution is 2.31. The Morgan fingerprint density at radius 2 is 2.37 bits per heavy atom. The van der Waals surface area contributed by atoms with Crippen LogP contribution < -0.4 is 0 Å². The number of carboxylic acids is 1. The van der Waals surface area contributed by atoms with E-state index in [9.17, 15) is 9.90 Å². The lowest BCUT2D eigenvalue weighted by atomic mass is 10.0. The molecule has 0 amide bonds. The van der Waals surface area contributed by atoms with Crippen molar-refractivity contribution in [2.45, 2.75) is 19.0 Å². The van der Waals surface area contributed by atoms with E-state index in [1.165, 1.54) is 0 Å². The van der Waals surface area contributed by atoms with Crippen LogP contribution >= 0.6 is 27.5 Å². The molecular weight excluding hydrogens is 334 g/mol. The van der Waals surface area contributed by atoms with Crippen molar-refractivity contribution in [2.24, 2.45) is 0 Å². The van der Waals surface area contributed by atoms with Gasteiger partial charge in [-0.05, 0) is 24.6 Å². The minimum Gasteiger partial charge on any atom is -0.480 e. The molecular formula is C13H15BrClNO3. The summed E-state index contributed by atoms with van der Waals surface area (Å²) in [4.78, 5) is 13.2. The van der Waals surface area contributed by atoms with Crippen LogP contribution in [0.25, 0.3) is 0 Å². The van der Waals surface area contributed by atoms with Crippen LogP contribution in [-0.4, -0.2) is 41.8 Å². The maximum atomic E-state index is 11.3. The van der Waals surface area contributed by atoms with Crippen molar-refractivity contribution in [2.75, 3.05) is 19.8 Å². The molecule has 0 aromatic heterocycles. The molecule has 1 aliphatic heterocycles. The summed E-state index contributed by atoms with van der Waals surface area (Å²) in [5, 5.41) is 9.89. The number of benzene rings is 1. The van der Waals surface area contributed by atoms with E-state index in [0.29, 0.717) is 18.2 Å². The van der Waals surface area contributed by atoms with Crippen LogP contribution in [0.2, 0.25) is 5.02 Å². The predicted octanol–water partition coefficient (Wildman–Crippen LogP) is 2.95. The molecule has 4 nitrogen and oxygen atoms in total. The van der Waals surface area contributed by atoms with E-state index >= 15 is 0 Å². The molecule has 1 aliphatic rings. The highest BCUT2D eigenvalue weighted by molar-refractivity contribution is 9.10. The minimum absolute atomic E-state index is 0.0643. The third kappa shape index (κ3) is 3.28. The Kier molecular flexibility index (Phi) is 4.84. The SMILES string of the molecule is CC(c1ccc(Br)cc1Cl)N1CCOCC1C(=O)O. The van der Waals surface area contributed by atoms with Crippen molar-refractivity contribution in [1.29, 1.82) is 0 Å². The van der Waals surface area contributed by atoms with Gasteiger partial charge in [0.1, 0.15) is 6.04 Å². The van der Waals surface area contributed by atoms with Gasteiger partial charge in [0.05, 0.1) is 13.2 Å². The molecule has 19 heavy (non-hydrogen) atoms. The smallest absolute Gasteiger partial charge is 0.323 e. The summed E-state index contributed by atoms with van der Waals surface area (Å²) >= 11 is 9.60. The minimum atomic E-state index is -0.861. The molecule has 2 atom stereocenters. The fourth-order valence-electron chi connectivity index (χ4n) is 2.31. The molecule has 1 N–H and O–H groups in total.